The number of hydrogen-bond acceptors (Lipinski definition) is 3. The number of fused-ring (bicyclic) bond motifs is 1. The molecule has 0 radical (unpaired) electrons. The summed E-state index contributed by atoms with van der Waals surface area (Å²) in [6, 6.07) is 7.31. The summed E-state index contributed by atoms with van der Waals surface area (Å²) in [6.07, 6.45) is 4.21. The van der Waals surface area contributed by atoms with Crippen LogP contribution >= 0.6 is 0 Å². The molecule has 1 aromatic carbocycles. The Kier molecular flexibility index (Phi) is 5.56. The number of aromatic amines is 1. The van der Waals surface area contributed by atoms with E-state index in [4.69, 9.17) is 0 Å². The van der Waals surface area contributed by atoms with Crippen LogP contribution < -0.4 is 5.32 Å². The van der Waals surface area contributed by atoms with E-state index < -0.39 is 6.04 Å². The number of benzene rings is 1. The summed E-state index contributed by atoms with van der Waals surface area (Å²) >= 11 is 0. The Morgan fingerprint density at radius 1 is 1.30 bits per heavy atom. The maximum absolute atomic E-state index is 13.1. The lowest BCUT2D eigenvalue weighted by atomic mass is 10.0. The number of carbonyl (C=O) groups excluding carboxylic acids is 2. The summed E-state index contributed by atoms with van der Waals surface area (Å²) in [5, 5.41) is 13.5. The maximum atomic E-state index is 13.1. The Bertz CT molecular complexity index is 823. The molecule has 1 aliphatic rings. The van der Waals surface area contributed by atoms with Crippen LogP contribution in [0.3, 0.4) is 0 Å². The van der Waals surface area contributed by atoms with E-state index in [9.17, 15) is 14.7 Å². The predicted molar refractivity (Wildman–Crippen MR) is 105 cm³/mol. The Balaban J connectivity index is 1.79. The van der Waals surface area contributed by atoms with Crippen molar-refractivity contribution in [1.29, 1.82) is 0 Å². The second-order valence-electron chi connectivity index (χ2n) is 8.13. The first-order valence-corrected chi connectivity index (χ1v) is 9.56. The first-order chi connectivity index (χ1) is 12.8. The smallest absolute Gasteiger partial charge is 0.245 e. The number of likely N-dealkylation sites (N-methyl/N-ethyl adjacent to an activating group) is 1. The van der Waals surface area contributed by atoms with Crippen LogP contribution in [0.15, 0.2) is 30.5 Å². The van der Waals surface area contributed by atoms with Gasteiger partial charge in [-0.25, -0.2) is 0 Å². The fraction of sp³-hybridized carbons (Fsp3) is 0.524. The highest BCUT2D eigenvalue weighted by molar-refractivity contribution is 5.90. The molecule has 0 bridgehead atoms. The van der Waals surface area contributed by atoms with Gasteiger partial charge in [-0.1, -0.05) is 32.0 Å². The van der Waals surface area contributed by atoms with Crippen LogP contribution in [0.1, 0.15) is 32.3 Å². The van der Waals surface area contributed by atoms with E-state index in [1.807, 2.05) is 44.3 Å². The molecule has 1 aliphatic carbocycles. The standard InChI is InChI=1S/C21H29N3O3/c1-14(2)19(26)23-18(20(27)24(3)12-21(13-25)8-9-21)10-15-11-22-17-7-5-4-6-16(15)17/h4-7,11,14,18,22,25H,8-10,12-13H2,1-3H3,(H,23,26)/t18-/m1/s1. The average Bonchev–Trinajstić information content (AvgIpc) is 3.32. The summed E-state index contributed by atoms with van der Waals surface area (Å²) in [6.45, 7) is 4.24. The number of amides is 2. The van der Waals surface area contributed by atoms with Gasteiger partial charge in [-0.3, -0.25) is 9.59 Å². The lowest BCUT2D eigenvalue weighted by molar-refractivity contribution is -0.136. The van der Waals surface area contributed by atoms with Gasteiger partial charge in [0.05, 0.1) is 6.61 Å². The number of aliphatic hydroxyl groups is 1. The number of aromatic nitrogens is 1. The zero-order valence-electron chi connectivity index (χ0n) is 16.3. The van der Waals surface area contributed by atoms with Gasteiger partial charge in [-0.05, 0) is 24.5 Å². The maximum Gasteiger partial charge on any atom is 0.245 e. The highest BCUT2D eigenvalue weighted by Gasteiger charge is 2.44. The molecule has 146 valence electrons. The summed E-state index contributed by atoms with van der Waals surface area (Å²) in [4.78, 5) is 30.3. The van der Waals surface area contributed by atoms with Gasteiger partial charge in [0.25, 0.3) is 0 Å². The number of nitrogens with one attached hydrogen (secondary N) is 2. The summed E-state index contributed by atoms with van der Waals surface area (Å²) < 4.78 is 0. The molecule has 1 fully saturated rings. The molecule has 6 nitrogen and oxygen atoms in total. The van der Waals surface area contributed by atoms with Gasteiger partial charge >= 0.3 is 0 Å². The molecule has 0 saturated heterocycles. The third-order valence-electron chi connectivity index (χ3n) is 5.48. The van der Waals surface area contributed by atoms with Gasteiger partial charge in [0.2, 0.25) is 11.8 Å². The molecule has 2 aromatic rings. The van der Waals surface area contributed by atoms with E-state index in [0.29, 0.717) is 13.0 Å². The molecular formula is C21H29N3O3. The Morgan fingerprint density at radius 3 is 2.63 bits per heavy atom. The van der Waals surface area contributed by atoms with Gasteiger partial charge < -0.3 is 20.3 Å². The fourth-order valence-electron chi connectivity index (χ4n) is 3.45. The topological polar surface area (TPSA) is 85.4 Å². The minimum atomic E-state index is -0.626. The number of para-hydroxylation sites is 1. The van der Waals surface area contributed by atoms with Crippen molar-refractivity contribution in [3.8, 4) is 0 Å². The van der Waals surface area contributed by atoms with Crippen LogP contribution in [-0.2, 0) is 16.0 Å². The van der Waals surface area contributed by atoms with Crippen LogP contribution in [0.5, 0.6) is 0 Å². The zero-order chi connectivity index (χ0) is 19.6. The predicted octanol–water partition coefficient (Wildman–Crippen LogP) is 2.08. The number of carbonyl (C=O) groups is 2. The first-order valence-electron chi connectivity index (χ1n) is 9.56. The highest BCUT2D eigenvalue weighted by Crippen LogP contribution is 2.45. The number of rotatable bonds is 8. The Labute approximate surface area is 159 Å². The number of nitrogens with zero attached hydrogens (tertiary/aromatic N) is 1. The van der Waals surface area contributed by atoms with Crippen LogP contribution in [0, 0.1) is 11.3 Å². The fourth-order valence-corrected chi connectivity index (χ4v) is 3.45. The van der Waals surface area contributed by atoms with Crippen molar-refractivity contribution >= 4 is 22.7 Å². The lowest BCUT2D eigenvalue weighted by Gasteiger charge is -2.28. The van der Waals surface area contributed by atoms with Gasteiger partial charge in [0.1, 0.15) is 6.04 Å². The molecule has 1 aromatic heterocycles. The average molecular weight is 371 g/mol. The second kappa shape index (κ2) is 7.72. The van der Waals surface area contributed by atoms with Crippen molar-refractivity contribution in [2.45, 2.75) is 39.2 Å². The van der Waals surface area contributed by atoms with Crippen LogP contribution in [0.25, 0.3) is 10.9 Å². The normalized spacial score (nSPS) is 16.3. The monoisotopic (exact) mass is 371 g/mol. The molecule has 3 rings (SSSR count). The molecule has 6 heteroatoms. The van der Waals surface area contributed by atoms with Crippen LogP contribution in [0.2, 0.25) is 0 Å². The van der Waals surface area contributed by atoms with E-state index in [2.05, 4.69) is 10.3 Å². The van der Waals surface area contributed by atoms with Crippen molar-refractivity contribution in [1.82, 2.24) is 15.2 Å². The number of aliphatic hydroxyl groups excluding tert-OH is 1. The first kappa shape index (κ1) is 19.4. The largest absolute Gasteiger partial charge is 0.396 e. The van der Waals surface area contributed by atoms with Gasteiger partial charge in [-0.2, -0.15) is 0 Å². The molecule has 1 saturated carbocycles. The van der Waals surface area contributed by atoms with Crippen molar-refractivity contribution in [3.05, 3.63) is 36.0 Å². The van der Waals surface area contributed by atoms with E-state index in [-0.39, 0.29) is 29.8 Å². The van der Waals surface area contributed by atoms with Crippen molar-refractivity contribution < 1.29 is 14.7 Å². The molecule has 1 heterocycles. The van der Waals surface area contributed by atoms with E-state index in [1.54, 1.807) is 11.9 Å². The molecule has 1 atom stereocenters. The molecule has 0 unspecified atom stereocenters. The minimum absolute atomic E-state index is 0.0933. The molecule has 27 heavy (non-hydrogen) atoms. The van der Waals surface area contributed by atoms with Gasteiger partial charge in [0, 0.05) is 48.4 Å². The molecule has 0 spiro atoms. The summed E-state index contributed by atoms with van der Waals surface area (Å²) in [5.74, 6) is -0.445. The minimum Gasteiger partial charge on any atom is -0.396 e. The van der Waals surface area contributed by atoms with E-state index in [1.165, 1.54) is 0 Å². The third kappa shape index (κ3) is 4.33. The third-order valence-corrected chi connectivity index (χ3v) is 5.48. The van der Waals surface area contributed by atoms with Crippen LogP contribution in [-0.4, -0.2) is 53.0 Å². The van der Waals surface area contributed by atoms with Gasteiger partial charge in [-0.15, -0.1) is 0 Å². The summed E-state index contributed by atoms with van der Waals surface area (Å²) in [7, 11) is 1.75. The highest BCUT2D eigenvalue weighted by atomic mass is 16.3. The number of H-pyrrole nitrogens is 1. The van der Waals surface area contributed by atoms with Crippen molar-refractivity contribution in [2.75, 3.05) is 20.2 Å². The van der Waals surface area contributed by atoms with Crippen molar-refractivity contribution in [3.63, 3.8) is 0 Å². The van der Waals surface area contributed by atoms with E-state index >= 15 is 0 Å². The molecule has 2 amide bonds. The zero-order valence-corrected chi connectivity index (χ0v) is 16.3. The van der Waals surface area contributed by atoms with E-state index in [0.717, 1.165) is 29.3 Å². The number of hydrogen-bond donors (Lipinski definition) is 3. The van der Waals surface area contributed by atoms with Crippen LogP contribution in [0.4, 0.5) is 0 Å². The summed E-state index contributed by atoms with van der Waals surface area (Å²) in [5.41, 5.74) is 1.86. The molecular weight excluding hydrogens is 342 g/mol. The quantitative estimate of drug-likeness (QED) is 0.664. The second-order valence-corrected chi connectivity index (χ2v) is 8.13. The van der Waals surface area contributed by atoms with Gasteiger partial charge in [0.15, 0.2) is 0 Å². The Hall–Kier alpha value is -2.34. The SMILES string of the molecule is CC(C)C(=O)N[C@H](Cc1c[nH]c2ccccc12)C(=O)N(C)CC1(CO)CC1. The lowest BCUT2D eigenvalue weighted by Crippen LogP contribution is -2.50. The molecule has 3 N–H and O–H groups in total. The molecule has 0 aliphatic heterocycles. The van der Waals surface area contributed by atoms with Crippen molar-refractivity contribution in [2.24, 2.45) is 11.3 Å². The Morgan fingerprint density at radius 2 is 2.00 bits per heavy atom.